The quantitative estimate of drug-likeness (QED) is 0.378. The van der Waals surface area contributed by atoms with Crippen LogP contribution in [0.1, 0.15) is 73.6 Å². The van der Waals surface area contributed by atoms with Gasteiger partial charge >= 0.3 is 5.97 Å². The fraction of sp³-hybridized carbons (Fsp3) is 0.769. The summed E-state index contributed by atoms with van der Waals surface area (Å²) in [6.45, 7) is 15.2. The molecule has 0 aromatic rings. The van der Waals surface area contributed by atoms with Gasteiger partial charge in [-0.2, -0.15) is 0 Å². The predicted octanol–water partition coefficient (Wildman–Crippen LogP) is 3.44. The van der Waals surface area contributed by atoms with Gasteiger partial charge in [-0.05, 0) is 67.8 Å². The first-order valence-corrected chi connectivity index (χ1v) is 11.6. The molecule has 0 spiro atoms. The fourth-order valence-electron chi connectivity index (χ4n) is 8.78. The van der Waals surface area contributed by atoms with Gasteiger partial charge in [0.25, 0.3) is 0 Å². The number of hydrogen-bond donors (Lipinski definition) is 1. The zero-order valence-electron chi connectivity index (χ0n) is 20.4. The van der Waals surface area contributed by atoms with Gasteiger partial charge in [-0.15, -0.1) is 0 Å². The number of carbonyl (C=O) groups is 4. The Morgan fingerprint density at radius 3 is 2.16 bits per heavy atom. The van der Waals surface area contributed by atoms with Crippen molar-refractivity contribution in [3.63, 3.8) is 0 Å². The number of carbonyl (C=O) groups excluding carboxylic acids is 4. The van der Waals surface area contributed by atoms with Crippen molar-refractivity contribution in [3.8, 4) is 0 Å². The topological polar surface area (TPSA) is 97.7 Å². The Balaban J connectivity index is 2.03. The number of Topliss-reactive ketones (excluding diaryl/α,β-unsaturated/α-hetero) is 3. The van der Waals surface area contributed by atoms with Crippen LogP contribution in [0.15, 0.2) is 12.2 Å². The highest BCUT2D eigenvalue weighted by Gasteiger charge is 2.81. The average molecular weight is 445 g/mol. The number of esters is 1. The van der Waals surface area contributed by atoms with Crippen LogP contribution in [0.3, 0.4) is 0 Å². The van der Waals surface area contributed by atoms with Crippen molar-refractivity contribution in [2.24, 2.45) is 38.9 Å². The Bertz CT molecular complexity index is 965. The largest absolute Gasteiger partial charge is 0.468 e. The molecule has 2 bridgehead atoms. The zero-order valence-corrected chi connectivity index (χ0v) is 20.4. The molecule has 4 aliphatic rings. The lowest BCUT2D eigenvalue weighted by molar-refractivity contribution is -0.222. The standard InChI is InChI=1S/C26H36O6/c1-14-23(5)13-16-22(4)11-10-17(27)21(2,3)15(22)9-12-24(16,6)26(14,20(30)32-8)19(29)25(7,31)18(23)28/h15-16,31H,1,9-13H2,2-8H3/t15-,16+,22-,23-,24+,25+,26+/m0/s1. The third-order valence-corrected chi connectivity index (χ3v) is 10.6. The van der Waals surface area contributed by atoms with E-state index in [0.29, 0.717) is 32.1 Å². The summed E-state index contributed by atoms with van der Waals surface area (Å²) in [4.78, 5) is 53.9. The molecule has 0 saturated heterocycles. The third kappa shape index (κ3) is 2.16. The molecule has 1 N–H and O–H groups in total. The highest BCUT2D eigenvalue weighted by Crippen LogP contribution is 2.76. The van der Waals surface area contributed by atoms with Gasteiger partial charge in [0.2, 0.25) is 0 Å². The molecule has 0 aliphatic heterocycles. The molecule has 0 amide bonds. The molecule has 4 fully saturated rings. The maximum absolute atomic E-state index is 14.0. The Hall–Kier alpha value is -1.82. The lowest BCUT2D eigenvalue weighted by Gasteiger charge is -2.71. The fourth-order valence-corrected chi connectivity index (χ4v) is 8.78. The Morgan fingerprint density at radius 1 is 1.00 bits per heavy atom. The molecule has 6 heteroatoms. The van der Waals surface area contributed by atoms with E-state index < -0.39 is 44.8 Å². The highest BCUT2D eigenvalue weighted by atomic mass is 16.5. The first kappa shape index (κ1) is 23.3. The van der Waals surface area contributed by atoms with E-state index in [4.69, 9.17) is 4.74 Å². The minimum atomic E-state index is -2.29. The van der Waals surface area contributed by atoms with Gasteiger partial charge in [-0.25, -0.2) is 0 Å². The summed E-state index contributed by atoms with van der Waals surface area (Å²) in [5.74, 6) is -2.03. The third-order valence-electron chi connectivity index (χ3n) is 10.6. The van der Waals surface area contributed by atoms with Crippen molar-refractivity contribution < 1.29 is 29.0 Å². The van der Waals surface area contributed by atoms with Crippen LogP contribution < -0.4 is 0 Å². The van der Waals surface area contributed by atoms with E-state index in [1.165, 1.54) is 14.0 Å². The summed E-state index contributed by atoms with van der Waals surface area (Å²) < 4.78 is 5.22. The van der Waals surface area contributed by atoms with E-state index in [9.17, 15) is 24.3 Å². The van der Waals surface area contributed by atoms with Crippen LogP contribution in [0.25, 0.3) is 0 Å². The lowest BCUT2D eigenvalue weighted by Crippen LogP contribution is -2.77. The van der Waals surface area contributed by atoms with Crippen molar-refractivity contribution in [3.05, 3.63) is 12.2 Å². The summed E-state index contributed by atoms with van der Waals surface area (Å²) >= 11 is 0. The minimum absolute atomic E-state index is 0.0745. The lowest BCUT2D eigenvalue weighted by atomic mass is 9.30. The number of ketones is 3. The van der Waals surface area contributed by atoms with Gasteiger partial charge < -0.3 is 9.84 Å². The van der Waals surface area contributed by atoms with E-state index >= 15 is 0 Å². The number of aliphatic hydroxyl groups is 1. The average Bonchev–Trinajstić information content (AvgIpc) is 2.71. The summed E-state index contributed by atoms with van der Waals surface area (Å²) in [5.41, 5.74) is -6.85. The Morgan fingerprint density at radius 2 is 1.59 bits per heavy atom. The second-order valence-electron chi connectivity index (χ2n) is 12.2. The molecular weight excluding hydrogens is 408 g/mol. The van der Waals surface area contributed by atoms with Crippen molar-refractivity contribution in [1.82, 2.24) is 0 Å². The Labute approximate surface area is 190 Å². The number of methoxy groups -OCH3 is 1. The van der Waals surface area contributed by atoms with E-state index in [1.807, 2.05) is 20.8 Å². The van der Waals surface area contributed by atoms with Gasteiger partial charge in [-0.3, -0.25) is 19.2 Å². The maximum Gasteiger partial charge on any atom is 0.324 e. The van der Waals surface area contributed by atoms with Gasteiger partial charge in [-0.1, -0.05) is 34.3 Å². The summed E-state index contributed by atoms with van der Waals surface area (Å²) in [7, 11) is 1.24. The molecule has 4 rings (SSSR count). The van der Waals surface area contributed by atoms with E-state index in [1.54, 1.807) is 6.92 Å². The predicted molar refractivity (Wildman–Crippen MR) is 117 cm³/mol. The molecule has 7 atom stereocenters. The summed E-state index contributed by atoms with van der Waals surface area (Å²) in [6, 6.07) is 0. The monoisotopic (exact) mass is 444 g/mol. The normalized spacial score (nSPS) is 49.9. The van der Waals surface area contributed by atoms with Crippen molar-refractivity contribution in [1.29, 1.82) is 0 Å². The smallest absolute Gasteiger partial charge is 0.324 e. The molecule has 0 unspecified atom stereocenters. The van der Waals surface area contributed by atoms with Crippen molar-refractivity contribution in [2.75, 3.05) is 7.11 Å². The molecule has 0 radical (unpaired) electrons. The molecule has 0 aromatic heterocycles. The summed E-state index contributed by atoms with van der Waals surface area (Å²) in [5, 5.41) is 11.1. The number of fused-ring (bicyclic) bond motifs is 6. The van der Waals surface area contributed by atoms with Crippen LogP contribution in [-0.2, 0) is 23.9 Å². The van der Waals surface area contributed by atoms with E-state index in [-0.39, 0.29) is 28.6 Å². The SMILES string of the molecule is C=C1[C@]2(C)C[C@@H]3[C@@]4(C)CCC(=O)C(C)(C)[C@@H]4CC[C@@]3(C)[C@@]1(C(=O)OC)C(=O)[C@](C)(O)C2=O. The second kappa shape index (κ2) is 6.19. The van der Waals surface area contributed by atoms with Crippen LogP contribution in [0, 0.1) is 38.9 Å². The number of ether oxygens (including phenoxy) is 1. The van der Waals surface area contributed by atoms with Crippen LogP contribution in [0.2, 0.25) is 0 Å². The zero-order chi connectivity index (χ0) is 24.3. The summed E-state index contributed by atoms with van der Waals surface area (Å²) in [6.07, 6.45) is 2.66. The van der Waals surface area contributed by atoms with Crippen LogP contribution >= 0.6 is 0 Å². The molecule has 6 nitrogen and oxygen atoms in total. The van der Waals surface area contributed by atoms with Crippen LogP contribution in [0.4, 0.5) is 0 Å². The number of rotatable bonds is 1. The van der Waals surface area contributed by atoms with Gasteiger partial charge in [0.1, 0.15) is 5.78 Å². The van der Waals surface area contributed by atoms with Gasteiger partial charge in [0.05, 0.1) is 12.5 Å². The molecule has 4 aliphatic carbocycles. The highest BCUT2D eigenvalue weighted by molar-refractivity contribution is 6.26. The first-order valence-electron chi connectivity index (χ1n) is 11.6. The second-order valence-corrected chi connectivity index (χ2v) is 12.2. The van der Waals surface area contributed by atoms with Gasteiger partial charge in [0, 0.05) is 11.8 Å². The molecule has 32 heavy (non-hydrogen) atoms. The minimum Gasteiger partial charge on any atom is -0.468 e. The van der Waals surface area contributed by atoms with Crippen molar-refractivity contribution >= 4 is 23.3 Å². The van der Waals surface area contributed by atoms with Crippen LogP contribution in [-0.4, -0.2) is 41.1 Å². The first-order chi connectivity index (χ1) is 14.5. The number of hydrogen-bond acceptors (Lipinski definition) is 6. The van der Waals surface area contributed by atoms with Gasteiger partial charge in [0.15, 0.2) is 22.6 Å². The maximum atomic E-state index is 14.0. The molecular formula is C26H36O6. The molecule has 176 valence electrons. The van der Waals surface area contributed by atoms with E-state index in [0.717, 1.165) is 0 Å². The van der Waals surface area contributed by atoms with Crippen LogP contribution in [0.5, 0.6) is 0 Å². The molecule has 4 saturated carbocycles. The van der Waals surface area contributed by atoms with E-state index in [2.05, 4.69) is 13.5 Å². The molecule has 0 heterocycles. The van der Waals surface area contributed by atoms with Crippen molar-refractivity contribution in [2.45, 2.75) is 79.2 Å². The Kier molecular flexibility index (Phi) is 4.52. The molecule has 0 aromatic carbocycles.